The van der Waals surface area contributed by atoms with Crippen LogP contribution in [0.25, 0.3) is 0 Å². The number of thiol groups is 1. The van der Waals surface area contributed by atoms with E-state index in [0.717, 1.165) is 62.6 Å². The zero-order valence-corrected chi connectivity index (χ0v) is 18.8. The lowest BCUT2D eigenvalue weighted by Crippen LogP contribution is -2.54. The van der Waals surface area contributed by atoms with Gasteiger partial charge in [0.1, 0.15) is 11.1 Å². The number of fused-ring (bicyclic) bond motifs is 1. The van der Waals surface area contributed by atoms with Gasteiger partial charge < -0.3 is 15.0 Å². The number of nitrogens with zero attached hydrogens (tertiary/aromatic N) is 1. The number of rotatable bonds is 6. The van der Waals surface area contributed by atoms with Crippen molar-refractivity contribution in [3.05, 3.63) is 33.2 Å². The van der Waals surface area contributed by atoms with Crippen LogP contribution in [0.4, 0.5) is 0 Å². The van der Waals surface area contributed by atoms with Gasteiger partial charge in [0.05, 0.1) is 0 Å². The van der Waals surface area contributed by atoms with Crippen molar-refractivity contribution >= 4 is 24.5 Å². The van der Waals surface area contributed by atoms with Crippen LogP contribution in [0.15, 0.2) is 10.9 Å². The summed E-state index contributed by atoms with van der Waals surface area (Å²) >= 11 is 4.09. The molecule has 2 aliphatic carbocycles. The van der Waals surface area contributed by atoms with E-state index in [1.54, 1.807) is 6.07 Å². The molecule has 0 aromatic carbocycles. The number of amides is 1. The Labute approximate surface area is 183 Å². The lowest BCUT2D eigenvalue weighted by Gasteiger charge is -2.27. The minimum Gasteiger partial charge on any atom is -0.479 e. The van der Waals surface area contributed by atoms with Gasteiger partial charge >= 0.3 is 5.97 Å². The zero-order chi connectivity index (χ0) is 21.7. The second-order valence-electron chi connectivity index (χ2n) is 9.11. The van der Waals surface area contributed by atoms with Crippen molar-refractivity contribution < 1.29 is 14.7 Å². The van der Waals surface area contributed by atoms with E-state index in [-0.39, 0.29) is 16.9 Å². The van der Waals surface area contributed by atoms with Gasteiger partial charge in [0.25, 0.3) is 11.5 Å². The maximum Gasteiger partial charge on any atom is 0.329 e. The molecular formula is C23H34N2O4S. The molecular weight excluding hydrogens is 400 g/mol. The van der Waals surface area contributed by atoms with Crippen molar-refractivity contribution in [2.45, 2.75) is 89.6 Å². The summed E-state index contributed by atoms with van der Waals surface area (Å²) in [5, 5.41) is 12.0. The van der Waals surface area contributed by atoms with Gasteiger partial charge in [-0.1, -0.05) is 32.1 Å². The van der Waals surface area contributed by atoms with Crippen molar-refractivity contribution in [1.82, 2.24) is 9.88 Å². The largest absolute Gasteiger partial charge is 0.479 e. The highest BCUT2D eigenvalue weighted by atomic mass is 32.1. The number of aromatic nitrogens is 1. The Balaban J connectivity index is 2.01. The molecule has 3 rings (SSSR count). The van der Waals surface area contributed by atoms with Crippen molar-refractivity contribution in [2.24, 2.45) is 5.92 Å². The number of carboxylic acid groups (broad SMARTS) is 1. The molecule has 0 bridgehead atoms. The topological polar surface area (TPSA) is 88.4 Å². The average molecular weight is 435 g/mol. The first-order chi connectivity index (χ1) is 14.4. The number of hydrogen-bond acceptors (Lipinski definition) is 4. The number of carboxylic acids is 1. The van der Waals surface area contributed by atoms with E-state index in [4.69, 9.17) is 0 Å². The van der Waals surface area contributed by atoms with Crippen LogP contribution in [-0.2, 0) is 24.2 Å². The minimum atomic E-state index is -1.52. The number of aliphatic carboxylic acids is 1. The van der Waals surface area contributed by atoms with Gasteiger partial charge in [0.2, 0.25) is 0 Å². The maximum absolute atomic E-state index is 13.4. The Morgan fingerprint density at radius 2 is 1.77 bits per heavy atom. The predicted molar refractivity (Wildman–Crippen MR) is 121 cm³/mol. The second kappa shape index (κ2) is 10.0. The lowest BCUT2D eigenvalue weighted by atomic mass is 9.88. The van der Waals surface area contributed by atoms with Crippen LogP contribution in [0.2, 0.25) is 0 Å². The van der Waals surface area contributed by atoms with E-state index in [1.165, 1.54) is 26.2 Å². The summed E-state index contributed by atoms with van der Waals surface area (Å²) < 4.78 is 1.85. The summed E-state index contributed by atoms with van der Waals surface area (Å²) in [5.41, 5.74) is 0.393. The van der Waals surface area contributed by atoms with Gasteiger partial charge in [-0.25, -0.2) is 4.79 Å². The van der Waals surface area contributed by atoms with E-state index in [1.807, 2.05) is 4.57 Å². The Morgan fingerprint density at radius 3 is 2.40 bits per heavy atom. The van der Waals surface area contributed by atoms with Crippen molar-refractivity contribution in [1.29, 1.82) is 0 Å². The summed E-state index contributed by atoms with van der Waals surface area (Å²) in [6.45, 7) is 2.07. The highest BCUT2D eigenvalue weighted by molar-refractivity contribution is 7.80. The van der Waals surface area contributed by atoms with Gasteiger partial charge in [0.15, 0.2) is 0 Å². The Morgan fingerprint density at radius 1 is 1.13 bits per heavy atom. The standard InChI is InChI=1S/C23H34N2O4S/c1-23(15-30,22(28)29)24-20(26)18-13-17-11-7-2-3-8-12-19(17)25(21(18)27)14-16-9-5-4-6-10-16/h13,16,30H,2-12,14-15H2,1H3,(H,24,26)(H,28,29). The smallest absolute Gasteiger partial charge is 0.329 e. The molecule has 2 N–H and O–H groups in total. The molecule has 1 aromatic rings. The average Bonchev–Trinajstić information content (AvgIpc) is 2.71. The molecule has 1 heterocycles. The number of carbonyl (C=O) groups excluding carboxylic acids is 1. The third kappa shape index (κ3) is 5.10. The molecule has 0 spiro atoms. The molecule has 0 aliphatic heterocycles. The highest BCUT2D eigenvalue weighted by Gasteiger charge is 2.35. The van der Waals surface area contributed by atoms with Crippen LogP contribution in [-0.4, -0.2) is 32.8 Å². The van der Waals surface area contributed by atoms with Gasteiger partial charge in [-0.2, -0.15) is 12.6 Å². The number of aryl methyl sites for hydroxylation is 1. The molecule has 2 aliphatic rings. The third-order valence-corrected chi connectivity index (χ3v) is 7.32. The molecule has 1 aromatic heterocycles. The molecule has 1 unspecified atom stereocenters. The van der Waals surface area contributed by atoms with Crippen molar-refractivity contribution in [2.75, 3.05) is 5.75 Å². The molecule has 6 nitrogen and oxygen atoms in total. The first kappa shape index (κ1) is 22.9. The summed E-state index contributed by atoms with van der Waals surface area (Å²) in [5.74, 6) is -1.39. The number of hydrogen-bond donors (Lipinski definition) is 3. The fourth-order valence-electron chi connectivity index (χ4n) is 4.70. The molecule has 0 saturated heterocycles. The molecule has 166 valence electrons. The summed E-state index contributed by atoms with van der Waals surface area (Å²) in [6, 6.07) is 1.72. The van der Waals surface area contributed by atoms with Crippen LogP contribution in [0, 0.1) is 5.92 Å². The molecule has 1 atom stereocenters. The number of carbonyl (C=O) groups is 2. The van der Waals surface area contributed by atoms with Gasteiger partial charge in [-0.3, -0.25) is 9.59 Å². The van der Waals surface area contributed by atoms with E-state index in [0.29, 0.717) is 12.5 Å². The summed E-state index contributed by atoms with van der Waals surface area (Å²) in [4.78, 5) is 38.0. The fourth-order valence-corrected chi connectivity index (χ4v) is 4.91. The predicted octanol–water partition coefficient (Wildman–Crippen LogP) is 3.59. The molecule has 30 heavy (non-hydrogen) atoms. The van der Waals surface area contributed by atoms with Gasteiger partial charge in [0, 0.05) is 18.0 Å². The Bertz CT molecular complexity index is 844. The molecule has 1 amide bonds. The molecule has 0 radical (unpaired) electrons. The van der Waals surface area contributed by atoms with Crippen molar-refractivity contribution in [3.8, 4) is 0 Å². The normalized spacial score (nSPS) is 19.8. The fraction of sp³-hybridized carbons (Fsp3) is 0.696. The third-order valence-electron chi connectivity index (χ3n) is 6.69. The molecule has 7 heteroatoms. The molecule has 1 fully saturated rings. The van der Waals surface area contributed by atoms with Crippen LogP contribution >= 0.6 is 12.6 Å². The second-order valence-corrected chi connectivity index (χ2v) is 9.43. The summed E-state index contributed by atoms with van der Waals surface area (Å²) in [6.07, 6.45) is 12.0. The van der Waals surface area contributed by atoms with E-state index < -0.39 is 17.4 Å². The first-order valence-electron chi connectivity index (χ1n) is 11.3. The van der Waals surface area contributed by atoms with Gasteiger partial charge in [-0.15, -0.1) is 0 Å². The van der Waals surface area contributed by atoms with E-state index in [9.17, 15) is 19.5 Å². The summed E-state index contributed by atoms with van der Waals surface area (Å²) in [7, 11) is 0. The van der Waals surface area contributed by atoms with E-state index in [2.05, 4.69) is 17.9 Å². The minimum absolute atomic E-state index is 0.0550. The maximum atomic E-state index is 13.4. The number of pyridine rings is 1. The Hall–Kier alpha value is -1.76. The number of nitrogens with one attached hydrogen (secondary N) is 1. The lowest BCUT2D eigenvalue weighted by molar-refractivity contribution is -0.142. The monoisotopic (exact) mass is 434 g/mol. The van der Waals surface area contributed by atoms with Crippen molar-refractivity contribution in [3.63, 3.8) is 0 Å². The zero-order valence-electron chi connectivity index (χ0n) is 17.9. The molecule has 1 saturated carbocycles. The SMILES string of the molecule is CC(CS)(NC(=O)c1cc2c(n(CC3CCCCC3)c1=O)CCCCCC2)C(=O)O. The van der Waals surface area contributed by atoms with Crippen LogP contribution in [0.5, 0.6) is 0 Å². The first-order valence-corrected chi connectivity index (χ1v) is 11.9. The van der Waals surface area contributed by atoms with Crippen LogP contribution < -0.4 is 10.9 Å². The highest BCUT2D eigenvalue weighted by Crippen LogP contribution is 2.27. The van der Waals surface area contributed by atoms with Crippen LogP contribution in [0.3, 0.4) is 0 Å². The van der Waals surface area contributed by atoms with E-state index >= 15 is 0 Å². The Kier molecular flexibility index (Phi) is 7.66. The van der Waals surface area contributed by atoms with Gasteiger partial charge in [-0.05, 0) is 63.0 Å². The quantitative estimate of drug-likeness (QED) is 0.597. The van der Waals surface area contributed by atoms with Crippen LogP contribution in [0.1, 0.15) is 86.3 Å².